The fraction of sp³-hybridized carbons (Fsp3) is 0.389. The van der Waals surface area contributed by atoms with Crippen LogP contribution in [0.25, 0.3) is 0 Å². The van der Waals surface area contributed by atoms with Crippen LogP contribution in [0.5, 0.6) is 0 Å². The number of carbonyl (C=O) groups excluding carboxylic acids is 1. The largest absolute Gasteiger partial charge is 0.465 e. The molecule has 1 saturated carbocycles. The maximum Gasteiger partial charge on any atom is 0.337 e. The topological polar surface area (TPSA) is 76.1 Å². The maximum absolute atomic E-state index is 11.5. The van der Waals surface area contributed by atoms with Gasteiger partial charge in [0, 0.05) is 23.5 Å². The van der Waals surface area contributed by atoms with E-state index in [1.54, 1.807) is 12.1 Å². The summed E-state index contributed by atoms with van der Waals surface area (Å²) >= 11 is 0. The number of methoxy groups -OCH3 is 1. The third-order valence-corrected chi connectivity index (χ3v) is 4.12. The molecule has 0 spiro atoms. The zero-order valence-electron chi connectivity index (χ0n) is 14.0. The van der Waals surface area contributed by atoms with Crippen LogP contribution in [-0.2, 0) is 4.74 Å². The Morgan fingerprint density at radius 3 is 2.54 bits per heavy atom. The van der Waals surface area contributed by atoms with Crippen molar-refractivity contribution in [3.8, 4) is 0 Å². The van der Waals surface area contributed by atoms with Gasteiger partial charge in [-0.25, -0.2) is 9.78 Å². The summed E-state index contributed by atoms with van der Waals surface area (Å²) in [6, 6.07) is 9.47. The van der Waals surface area contributed by atoms with Crippen molar-refractivity contribution in [2.75, 3.05) is 17.7 Å². The van der Waals surface area contributed by atoms with E-state index in [9.17, 15) is 4.79 Å². The molecule has 2 aromatic rings. The molecule has 0 aliphatic heterocycles. The monoisotopic (exact) mass is 326 g/mol. The molecule has 24 heavy (non-hydrogen) atoms. The van der Waals surface area contributed by atoms with Crippen LogP contribution in [-0.4, -0.2) is 29.1 Å². The normalized spacial score (nSPS) is 14.4. The Morgan fingerprint density at radius 1 is 1.17 bits per heavy atom. The first kappa shape index (κ1) is 16.2. The number of hydrogen-bond donors (Lipinski definition) is 2. The van der Waals surface area contributed by atoms with Gasteiger partial charge in [-0.1, -0.05) is 12.8 Å². The summed E-state index contributed by atoms with van der Waals surface area (Å²) in [5.41, 5.74) is 2.28. The molecule has 1 aromatic carbocycles. The highest BCUT2D eigenvalue weighted by Gasteiger charge is 2.16. The number of ether oxygens (including phenoxy) is 1. The summed E-state index contributed by atoms with van der Waals surface area (Å²) < 4.78 is 4.70. The first-order valence-corrected chi connectivity index (χ1v) is 8.21. The van der Waals surface area contributed by atoms with Crippen molar-refractivity contribution in [3.05, 3.63) is 41.6 Å². The Morgan fingerprint density at radius 2 is 1.88 bits per heavy atom. The van der Waals surface area contributed by atoms with Gasteiger partial charge in [0.05, 0.1) is 12.7 Å². The van der Waals surface area contributed by atoms with Crippen molar-refractivity contribution < 1.29 is 9.53 Å². The molecule has 0 amide bonds. The summed E-state index contributed by atoms with van der Waals surface area (Å²) in [6.07, 6.45) is 4.88. The molecule has 6 heteroatoms. The van der Waals surface area contributed by atoms with E-state index in [0.717, 1.165) is 17.2 Å². The van der Waals surface area contributed by atoms with E-state index in [-0.39, 0.29) is 5.97 Å². The van der Waals surface area contributed by atoms with Crippen LogP contribution in [0.1, 0.15) is 41.7 Å². The quantitative estimate of drug-likeness (QED) is 0.817. The zero-order chi connectivity index (χ0) is 16.9. The molecule has 0 atom stereocenters. The fourth-order valence-corrected chi connectivity index (χ4v) is 2.91. The van der Waals surface area contributed by atoms with Gasteiger partial charge in [-0.3, -0.25) is 0 Å². The lowest BCUT2D eigenvalue weighted by molar-refractivity contribution is 0.0601. The molecule has 1 aliphatic carbocycles. The lowest BCUT2D eigenvalue weighted by Crippen LogP contribution is -2.17. The minimum atomic E-state index is -0.345. The number of esters is 1. The number of nitrogens with zero attached hydrogens (tertiary/aromatic N) is 2. The molecule has 0 bridgehead atoms. The molecule has 2 N–H and O–H groups in total. The number of anilines is 3. The van der Waals surface area contributed by atoms with Crippen LogP contribution in [0.4, 0.5) is 17.5 Å². The molecule has 1 fully saturated rings. The van der Waals surface area contributed by atoms with E-state index >= 15 is 0 Å². The van der Waals surface area contributed by atoms with Crippen molar-refractivity contribution in [1.29, 1.82) is 0 Å². The van der Waals surface area contributed by atoms with E-state index in [0.29, 0.717) is 17.6 Å². The summed E-state index contributed by atoms with van der Waals surface area (Å²) in [7, 11) is 1.37. The molecular weight excluding hydrogens is 304 g/mol. The van der Waals surface area contributed by atoms with Gasteiger partial charge >= 0.3 is 5.97 Å². The molecule has 1 aliphatic rings. The van der Waals surface area contributed by atoms with Gasteiger partial charge in [-0.2, -0.15) is 4.98 Å². The van der Waals surface area contributed by atoms with E-state index in [4.69, 9.17) is 4.74 Å². The third-order valence-electron chi connectivity index (χ3n) is 4.12. The molecular formula is C18H22N4O2. The van der Waals surface area contributed by atoms with E-state index < -0.39 is 0 Å². The Hall–Kier alpha value is -2.63. The van der Waals surface area contributed by atoms with Gasteiger partial charge in [0.25, 0.3) is 0 Å². The summed E-state index contributed by atoms with van der Waals surface area (Å²) in [6.45, 7) is 1.95. The molecule has 0 radical (unpaired) electrons. The first-order valence-electron chi connectivity index (χ1n) is 8.21. The second kappa shape index (κ2) is 7.29. The van der Waals surface area contributed by atoms with Gasteiger partial charge in [0.1, 0.15) is 5.82 Å². The van der Waals surface area contributed by atoms with Gasteiger partial charge in [-0.05, 0) is 44.0 Å². The van der Waals surface area contributed by atoms with E-state index in [1.165, 1.54) is 32.8 Å². The summed E-state index contributed by atoms with van der Waals surface area (Å²) in [5, 5.41) is 6.67. The Bertz CT molecular complexity index is 709. The number of benzene rings is 1. The Labute approximate surface area is 141 Å². The minimum absolute atomic E-state index is 0.345. The number of hydrogen-bond acceptors (Lipinski definition) is 6. The average molecular weight is 326 g/mol. The van der Waals surface area contributed by atoms with E-state index in [1.807, 2.05) is 25.1 Å². The number of aryl methyl sites for hydroxylation is 1. The van der Waals surface area contributed by atoms with Crippen LogP contribution in [0.2, 0.25) is 0 Å². The van der Waals surface area contributed by atoms with Crippen LogP contribution in [0.3, 0.4) is 0 Å². The smallest absolute Gasteiger partial charge is 0.337 e. The van der Waals surface area contributed by atoms with Gasteiger partial charge in [0.2, 0.25) is 5.95 Å². The average Bonchev–Trinajstić information content (AvgIpc) is 3.07. The molecule has 126 valence electrons. The minimum Gasteiger partial charge on any atom is -0.465 e. The highest BCUT2D eigenvalue weighted by molar-refractivity contribution is 5.89. The van der Waals surface area contributed by atoms with Crippen molar-refractivity contribution in [3.63, 3.8) is 0 Å². The molecule has 1 heterocycles. The van der Waals surface area contributed by atoms with Crippen molar-refractivity contribution >= 4 is 23.4 Å². The standard InChI is InChI=1S/C18H22N4O2/c1-12-11-16(22-18(19-12)21-14-5-3-4-6-14)20-15-9-7-13(8-10-15)17(23)24-2/h7-11,14H,3-6H2,1-2H3,(H2,19,20,21,22). The lowest BCUT2D eigenvalue weighted by atomic mass is 10.2. The molecule has 1 aromatic heterocycles. The molecule has 0 saturated heterocycles. The second-order valence-electron chi connectivity index (χ2n) is 6.04. The predicted octanol–water partition coefficient (Wildman–Crippen LogP) is 3.67. The number of rotatable bonds is 5. The number of carbonyl (C=O) groups is 1. The van der Waals surface area contributed by atoms with Crippen molar-refractivity contribution in [1.82, 2.24) is 9.97 Å². The predicted molar refractivity (Wildman–Crippen MR) is 93.7 cm³/mol. The van der Waals surface area contributed by atoms with Gasteiger partial charge in [-0.15, -0.1) is 0 Å². The maximum atomic E-state index is 11.5. The molecule has 0 unspecified atom stereocenters. The van der Waals surface area contributed by atoms with Crippen LogP contribution < -0.4 is 10.6 Å². The summed E-state index contributed by atoms with van der Waals surface area (Å²) in [5.74, 6) is 1.05. The van der Waals surface area contributed by atoms with Crippen molar-refractivity contribution in [2.45, 2.75) is 38.6 Å². The van der Waals surface area contributed by atoms with Gasteiger partial charge in [0.15, 0.2) is 0 Å². The number of nitrogens with one attached hydrogen (secondary N) is 2. The van der Waals surface area contributed by atoms with Crippen LogP contribution in [0, 0.1) is 6.92 Å². The van der Waals surface area contributed by atoms with Gasteiger partial charge < -0.3 is 15.4 Å². The Balaban J connectivity index is 1.72. The highest BCUT2D eigenvalue weighted by atomic mass is 16.5. The first-order chi connectivity index (χ1) is 11.6. The number of aromatic nitrogens is 2. The van der Waals surface area contributed by atoms with Crippen LogP contribution >= 0.6 is 0 Å². The van der Waals surface area contributed by atoms with E-state index in [2.05, 4.69) is 20.6 Å². The lowest BCUT2D eigenvalue weighted by Gasteiger charge is -2.14. The zero-order valence-corrected chi connectivity index (χ0v) is 14.0. The van der Waals surface area contributed by atoms with Crippen molar-refractivity contribution in [2.24, 2.45) is 0 Å². The Kier molecular flexibility index (Phi) is 4.93. The summed E-state index contributed by atoms with van der Waals surface area (Å²) in [4.78, 5) is 20.5. The SMILES string of the molecule is COC(=O)c1ccc(Nc2cc(C)nc(NC3CCCC3)n2)cc1. The second-order valence-corrected chi connectivity index (χ2v) is 6.04. The highest BCUT2D eigenvalue weighted by Crippen LogP contribution is 2.22. The molecule has 3 rings (SSSR count). The fourth-order valence-electron chi connectivity index (χ4n) is 2.91. The molecule has 6 nitrogen and oxygen atoms in total. The third kappa shape index (κ3) is 4.01. The van der Waals surface area contributed by atoms with Crippen LogP contribution in [0.15, 0.2) is 30.3 Å².